The maximum absolute atomic E-state index is 11.5. The molecular weight excluding hydrogens is 474 g/mol. The minimum absolute atomic E-state index is 0.698. The number of hydrazine groups is 1. The Kier molecular flexibility index (Phi) is 5.80. The summed E-state index contributed by atoms with van der Waals surface area (Å²) in [4.78, 5) is 13.3. The fraction of sp³-hybridized carbons (Fsp3) is 0.467. The Labute approximate surface area is 224 Å². The molecular formula is C30H37N7O. The highest BCUT2D eigenvalue weighted by molar-refractivity contribution is 5.99. The van der Waals surface area contributed by atoms with E-state index >= 15 is 0 Å². The minimum Gasteiger partial charge on any atom is -0.340 e. The second-order valence-electron chi connectivity index (χ2n) is 11.1. The topological polar surface area (TPSA) is 61.6 Å². The van der Waals surface area contributed by atoms with E-state index in [1.165, 1.54) is 63.2 Å². The van der Waals surface area contributed by atoms with Crippen LogP contribution in [0.15, 0.2) is 47.8 Å². The normalized spacial score (nSPS) is 19.6. The Balaban J connectivity index is 1.40. The molecule has 5 heterocycles. The zero-order chi connectivity index (χ0) is 25.8. The lowest BCUT2D eigenvalue weighted by atomic mass is 10.1. The Bertz CT molecular complexity index is 1460. The van der Waals surface area contributed by atoms with Crippen LogP contribution in [0.2, 0.25) is 0 Å². The number of nitrogens with one attached hydrogen (secondary N) is 1. The van der Waals surface area contributed by atoms with Gasteiger partial charge in [0.2, 0.25) is 6.41 Å². The van der Waals surface area contributed by atoms with E-state index < -0.39 is 0 Å². The molecule has 0 radical (unpaired) electrons. The van der Waals surface area contributed by atoms with Gasteiger partial charge in [-0.15, -0.1) is 0 Å². The maximum Gasteiger partial charge on any atom is 0.210 e. The molecule has 0 bridgehead atoms. The second-order valence-corrected chi connectivity index (χ2v) is 11.1. The van der Waals surface area contributed by atoms with Gasteiger partial charge in [0.05, 0.1) is 35.7 Å². The molecule has 3 aliphatic heterocycles. The first kappa shape index (κ1) is 23.6. The van der Waals surface area contributed by atoms with Gasteiger partial charge in [-0.25, -0.2) is 0 Å². The summed E-state index contributed by atoms with van der Waals surface area (Å²) in [6, 6.07) is 9.36. The van der Waals surface area contributed by atoms with Crippen molar-refractivity contribution < 1.29 is 4.79 Å². The number of aryl methyl sites for hydroxylation is 1. The van der Waals surface area contributed by atoms with E-state index in [4.69, 9.17) is 0 Å². The van der Waals surface area contributed by atoms with Gasteiger partial charge in [0.15, 0.2) is 0 Å². The van der Waals surface area contributed by atoms with Gasteiger partial charge in [0, 0.05) is 55.6 Å². The zero-order valence-corrected chi connectivity index (χ0v) is 22.5. The number of likely N-dealkylation sites (N-methyl/N-ethyl adjacent to an activating group) is 1. The molecule has 7 rings (SSSR count). The van der Waals surface area contributed by atoms with Crippen LogP contribution in [0.1, 0.15) is 38.8 Å². The van der Waals surface area contributed by atoms with Gasteiger partial charge in [-0.3, -0.25) is 19.5 Å². The van der Waals surface area contributed by atoms with E-state index in [0.717, 1.165) is 64.6 Å². The molecule has 1 saturated carbocycles. The summed E-state index contributed by atoms with van der Waals surface area (Å²) in [7, 11) is 0. The lowest BCUT2D eigenvalue weighted by Crippen LogP contribution is -2.41. The van der Waals surface area contributed by atoms with Gasteiger partial charge < -0.3 is 14.8 Å². The van der Waals surface area contributed by atoms with Crippen LogP contribution in [-0.4, -0.2) is 69.9 Å². The summed E-state index contributed by atoms with van der Waals surface area (Å²) in [5, 5.41) is 14.3. The number of hydrogen-bond donors (Lipinski definition) is 1. The SMILES string of the molecule is CCN1C2=C(CN(C=O)C2)CN1c1cc(-c2ccnn2CC)c2c(c1)cc(C1=CCCNC1)n2CC1CC1. The number of nitrogens with zero attached hydrogens (tertiary/aromatic N) is 6. The fourth-order valence-electron chi connectivity index (χ4n) is 6.59. The average Bonchev–Trinajstić information content (AvgIpc) is 3.27. The summed E-state index contributed by atoms with van der Waals surface area (Å²) < 4.78 is 4.73. The molecule has 1 N–H and O–H groups in total. The van der Waals surface area contributed by atoms with Gasteiger partial charge in [-0.1, -0.05) is 6.08 Å². The van der Waals surface area contributed by atoms with E-state index in [-0.39, 0.29) is 0 Å². The largest absolute Gasteiger partial charge is 0.340 e. The Morgan fingerprint density at radius 2 is 1.97 bits per heavy atom. The second kappa shape index (κ2) is 9.34. The summed E-state index contributed by atoms with van der Waals surface area (Å²) in [6.07, 6.45) is 9.06. The monoisotopic (exact) mass is 511 g/mol. The number of carbonyl (C=O) groups is 1. The highest BCUT2D eigenvalue weighted by Gasteiger charge is 2.36. The number of benzene rings is 1. The number of carbonyl (C=O) groups excluding carboxylic acids is 1. The molecule has 8 heteroatoms. The predicted molar refractivity (Wildman–Crippen MR) is 151 cm³/mol. The molecule has 4 aliphatic rings. The standard InChI is InChI=1S/C30H37N7O/c1-3-35-27(9-11-32-35)26-14-25(37-18-24-17-33(20-38)19-29(24)36(37)4-2)12-23-13-28(22-6-5-10-31-15-22)34(30(23)26)16-21-7-8-21/h6,9,11-14,20-21,31H,3-5,7-8,10,15-19H2,1-2H3. The number of amides is 1. The van der Waals surface area contributed by atoms with Crippen LogP contribution in [0, 0.1) is 5.92 Å². The third-order valence-corrected chi connectivity index (χ3v) is 8.61. The molecule has 0 atom stereocenters. The Morgan fingerprint density at radius 1 is 1.08 bits per heavy atom. The van der Waals surface area contributed by atoms with Crippen LogP contribution in [0.3, 0.4) is 0 Å². The zero-order valence-electron chi connectivity index (χ0n) is 22.5. The first-order chi connectivity index (χ1) is 18.7. The smallest absolute Gasteiger partial charge is 0.210 e. The molecule has 8 nitrogen and oxygen atoms in total. The Morgan fingerprint density at radius 3 is 2.71 bits per heavy atom. The number of aromatic nitrogens is 3. The van der Waals surface area contributed by atoms with Crippen LogP contribution in [0.4, 0.5) is 5.69 Å². The molecule has 1 aromatic carbocycles. The van der Waals surface area contributed by atoms with E-state index in [9.17, 15) is 4.79 Å². The summed E-state index contributed by atoms with van der Waals surface area (Å²) in [5.74, 6) is 0.771. The van der Waals surface area contributed by atoms with Crippen molar-refractivity contribution in [3.05, 3.63) is 53.5 Å². The summed E-state index contributed by atoms with van der Waals surface area (Å²) in [5.41, 5.74) is 10.4. The van der Waals surface area contributed by atoms with Crippen molar-refractivity contribution in [2.45, 2.75) is 46.2 Å². The quantitative estimate of drug-likeness (QED) is 0.462. The number of fused-ring (bicyclic) bond motifs is 1. The molecule has 0 saturated heterocycles. The van der Waals surface area contributed by atoms with Crippen molar-refractivity contribution in [1.82, 2.24) is 29.6 Å². The van der Waals surface area contributed by atoms with E-state index in [1.54, 1.807) is 0 Å². The van der Waals surface area contributed by atoms with Crippen molar-refractivity contribution in [1.29, 1.82) is 0 Å². The van der Waals surface area contributed by atoms with Crippen molar-refractivity contribution in [3.8, 4) is 11.3 Å². The van der Waals surface area contributed by atoms with E-state index in [1.807, 2.05) is 11.1 Å². The molecule has 0 unspecified atom stereocenters. The lowest BCUT2D eigenvalue weighted by molar-refractivity contribution is -0.117. The third kappa shape index (κ3) is 3.85. The van der Waals surface area contributed by atoms with Gasteiger partial charge in [-0.05, 0) is 81.0 Å². The van der Waals surface area contributed by atoms with E-state index in [0.29, 0.717) is 6.54 Å². The van der Waals surface area contributed by atoms with E-state index in [2.05, 4.69) is 73.9 Å². The fourth-order valence-corrected chi connectivity index (χ4v) is 6.59. The van der Waals surface area contributed by atoms with Crippen LogP contribution in [0.25, 0.3) is 27.7 Å². The average molecular weight is 512 g/mol. The minimum atomic E-state index is 0.698. The first-order valence-electron chi connectivity index (χ1n) is 14.2. The number of anilines is 1. The molecule has 0 spiro atoms. The van der Waals surface area contributed by atoms with Crippen LogP contribution >= 0.6 is 0 Å². The lowest BCUT2D eigenvalue weighted by Gasteiger charge is -2.34. The van der Waals surface area contributed by atoms with Crippen molar-refractivity contribution in [2.75, 3.05) is 44.3 Å². The summed E-state index contributed by atoms with van der Waals surface area (Å²) >= 11 is 0. The van der Waals surface area contributed by atoms with Gasteiger partial charge in [0.1, 0.15) is 0 Å². The van der Waals surface area contributed by atoms with Crippen LogP contribution in [0.5, 0.6) is 0 Å². The summed E-state index contributed by atoms with van der Waals surface area (Å²) in [6.45, 7) is 11.4. The number of hydrogen-bond acceptors (Lipinski definition) is 5. The molecule has 1 fully saturated rings. The molecule has 1 aliphatic carbocycles. The highest BCUT2D eigenvalue weighted by Crippen LogP contribution is 2.42. The maximum atomic E-state index is 11.5. The highest BCUT2D eigenvalue weighted by atomic mass is 16.1. The molecule has 198 valence electrons. The van der Waals surface area contributed by atoms with Crippen LogP contribution < -0.4 is 10.3 Å². The first-order valence-corrected chi connectivity index (χ1v) is 14.2. The molecule has 3 aromatic rings. The number of rotatable bonds is 8. The molecule has 38 heavy (non-hydrogen) atoms. The Hall–Kier alpha value is -3.52. The van der Waals surface area contributed by atoms with Gasteiger partial charge >= 0.3 is 0 Å². The van der Waals surface area contributed by atoms with Gasteiger partial charge in [0.25, 0.3) is 0 Å². The third-order valence-electron chi connectivity index (χ3n) is 8.61. The van der Waals surface area contributed by atoms with Crippen molar-refractivity contribution in [3.63, 3.8) is 0 Å². The predicted octanol–water partition coefficient (Wildman–Crippen LogP) is 4.09. The van der Waals surface area contributed by atoms with Crippen LogP contribution in [-0.2, 0) is 17.9 Å². The molecule has 2 aromatic heterocycles. The van der Waals surface area contributed by atoms with Crippen molar-refractivity contribution in [2.24, 2.45) is 5.92 Å². The molecule has 1 amide bonds. The van der Waals surface area contributed by atoms with Crippen molar-refractivity contribution >= 4 is 28.6 Å². The van der Waals surface area contributed by atoms with Gasteiger partial charge in [-0.2, -0.15) is 5.10 Å².